The first-order valence-corrected chi connectivity index (χ1v) is 8.75. The second-order valence-corrected chi connectivity index (χ2v) is 7.29. The minimum Gasteiger partial charge on any atom is -0.301 e. The standard InChI is InChI=1S/C12H11F3N4O3S2/c1-2-9(20)16-10-17-18-11(23-10)24(21,22)19-8-5-3-4-7(6-8)12(13,14)15/h3-6,19H,2H2,1H3,(H,16,17,20). The lowest BCUT2D eigenvalue weighted by Gasteiger charge is -2.09. The summed E-state index contributed by atoms with van der Waals surface area (Å²) in [6, 6.07) is 3.74. The number of anilines is 2. The fourth-order valence-electron chi connectivity index (χ4n) is 1.53. The van der Waals surface area contributed by atoms with Crippen molar-refractivity contribution in [2.75, 3.05) is 10.0 Å². The van der Waals surface area contributed by atoms with Gasteiger partial charge in [-0.05, 0) is 18.2 Å². The molecule has 0 bridgehead atoms. The average molecular weight is 380 g/mol. The normalized spacial score (nSPS) is 12.0. The number of halogens is 3. The zero-order valence-electron chi connectivity index (χ0n) is 12.1. The Kier molecular flexibility index (Phi) is 5.08. The highest BCUT2D eigenvalue weighted by Crippen LogP contribution is 2.31. The van der Waals surface area contributed by atoms with Crippen molar-refractivity contribution in [1.29, 1.82) is 0 Å². The van der Waals surface area contributed by atoms with Crippen LogP contribution in [0.2, 0.25) is 0 Å². The Morgan fingerprint density at radius 2 is 2.00 bits per heavy atom. The molecule has 24 heavy (non-hydrogen) atoms. The number of hydrogen-bond donors (Lipinski definition) is 2. The summed E-state index contributed by atoms with van der Waals surface area (Å²) < 4.78 is 63.7. The number of carbonyl (C=O) groups excluding carboxylic acids is 1. The van der Waals surface area contributed by atoms with Crippen molar-refractivity contribution in [3.05, 3.63) is 29.8 Å². The van der Waals surface area contributed by atoms with E-state index in [4.69, 9.17) is 0 Å². The Labute approximate surface area is 139 Å². The van der Waals surface area contributed by atoms with E-state index in [0.29, 0.717) is 17.4 Å². The lowest BCUT2D eigenvalue weighted by atomic mass is 10.2. The van der Waals surface area contributed by atoms with Gasteiger partial charge in [0.1, 0.15) is 0 Å². The van der Waals surface area contributed by atoms with Gasteiger partial charge in [-0.2, -0.15) is 21.6 Å². The van der Waals surface area contributed by atoms with Crippen LogP contribution in [-0.4, -0.2) is 24.5 Å². The third-order valence-corrected chi connectivity index (χ3v) is 5.23. The minimum atomic E-state index is -4.60. The van der Waals surface area contributed by atoms with Gasteiger partial charge in [0, 0.05) is 12.1 Å². The number of aromatic nitrogens is 2. The van der Waals surface area contributed by atoms with Crippen molar-refractivity contribution in [1.82, 2.24) is 10.2 Å². The molecule has 7 nitrogen and oxygen atoms in total. The van der Waals surface area contributed by atoms with Gasteiger partial charge < -0.3 is 5.32 Å². The second kappa shape index (κ2) is 6.73. The molecule has 0 atom stereocenters. The number of carbonyl (C=O) groups is 1. The van der Waals surface area contributed by atoms with E-state index in [1.54, 1.807) is 6.92 Å². The van der Waals surface area contributed by atoms with E-state index in [1.807, 2.05) is 4.72 Å². The zero-order chi connectivity index (χ0) is 18.0. The van der Waals surface area contributed by atoms with Crippen LogP contribution < -0.4 is 10.0 Å². The van der Waals surface area contributed by atoms with Crippen molar-refractivity contribution >= 4 is 38.1 Å². The molecule has 1 aromatic heterocycles. The summed E-state index contributed by atoms with van der Waals surface area (Å²) in [6.45, 7) is 1.60. The topological polar surface area (TPSA) is 101 Å². The number of nitrogens with one attached hydrogen (secondary N) is 2. The maximum Gasteiger partial charge on any atom is 0.416 e. The highest BCUT2D eigenvalue weighted by atomic mass is 32.2. The minimum absolute atomic E-state index is 0.0220. The van der Waals surface area contributed by atoms with Gasteiger partial charge in [-0.1, -0.05) is 24.3 Å². The average Bonchev–Trinajstić information content (AvgIpc) is 2.95. The molecule has 130 valence electrons. The first kappa shape index (κ1) is 18.1. The predicted molar refractivity (Wildman–Crippen MR) is 81.1 cm³/mol. The van der Waals surface area contributed by atoms with Crippen LogP contribution in [0.1, 0.15) is 18.9 Å². The van der Waals surface area contributed by atoms with Crippen LogP contribution in [0.15, 0.2) is 28.6 Å². The van der Waals surface area contributed by atoms with E-state index >= 15 is 0 Å². The number of sulfonamides is 1. The maximum atomic E-state index is 12.6. The lowest BCUT2D eigenvalue weighted by Crippen LogP contribution is -2.13. The van der Waals surface area contributed by atoms with Gasteiger partial charge in [-0.25, -0.2) is 0 Å². The van der Waals surface area contributed by atoms with E-state index in [2.05, 4.69) is 15.5 Å². The van der Waals surface area contributed by atoms with Gasteiger partial charge in [0.25, 0.3) is 14.4 Å². The molecule has 0 aliphatic carbocycles. The molecule has 0 radical (unpaired) electrons. The molecule has 1 heterocycles. The number of nitrogens with zero attached hydrogens (tertiary/aromatic N) is 2. The van der Waals surface area contributed by atoms with Crippen LogP contribution in [0.25, 0.3) is 0 Å². The highest BCUT2D eigenvalue weighted by molar-refractivity contribution is 7.94. The number of hydrogen-bond acceptors (Lipinski definition) is 6. The summed E-state index contributed by atoms with van der Waals surface area (Å²) in [5.41, 5.74) is -1.25. The van der Waals surface area contributed by atoms with Gasteiger partial charge in [-0.3, -0.25) is 9.52 Å². The number of rotatable bonds is 5. The monoisotopic (exact) mass is 380 g/mol. The molecular formula is C12H11F3N4O3S2. The SMILES string of the molecule is CCC(=O)Nc1nnc(S(=O)(=O)Nc2cccc(C(F)(F)F)c2)s1. The van der Waals surface area contributed by atoms with Gasteiger partial charge in [0.05, 0.1) is 5.56 Å². The van der Waals surface area contributed by atoms with Crippen molar-refractivity contribution in [2.24, 2.45) is 0 Å². The van der Waals surface area contributed by atoms with E-state index in [9.17, 15) is 26.4 Å². The van der Waals surface area contributed by atoms with Crippen molar-refractivity contribution < 1.29 is 26.4 Å². The van der Waals surface area contributed by atoms with Gasteiger partial charge in [0.15, 0.2) is 0 Å². The second-order valence-electron chi connectivity index (χ2n) is 4.46. The third-order valence-electron chi connectivity index (χ3n) is 2.65. The number of amides is 1. The molecular weight excluding hydrogens is 369 g/mol. The summed E-state index contributed by atoms with van der Waals surface area (Å²) in [5, 5.41) is 9.25. The van der Waals surface area contributed by atoms with Crippen LogP contribution in [-0.2, 0) is 21.0 Å². The Hall–Kier alpha value is -2.21. The highest BCUT2D eigenvalue weighted by Gasteiger charge is 2.31. The number of alkyl halides is 3. The molecule has 0 saturated heterocycles. The number of benzene rings is 1. The Bertz CT molecular complexity index is 849. The van der Waals surface area contributed by atoms with Gasteiger partial charge in [-0.15, -0.1) is 10.2 Å². The van der Waals surface area contributed by atoms with Gasteiger partial charge >= 0.3 is 6.18 Å². The molecule has 0 aliphatic heterocycles. The Morgan fingerprint density at radius 1 is 1.29 bits per heavy atom. The van der Waals surface area contributed by atoms with Crippen LogP contribution in [0, 0.1) is 0 Å². The molecule has 2 aromatic rings. The Morgan fingerprint density at radius 3 is 2.62 bits per heavy atom. The van der Waals surface area contributed by atoms with E-state index < -0.39 is 26.1 Å². The van der Waals surface area contributed by atoms with Crippen molar-refractivity contribution in [3.8, 4) is 0 Å². The first-order valence-electron chi connectivity index (χ1n) is 6.45. The van der Waals surface area contributed by atoms with Crippen LogP contribution in [0.3, 0.4) is 0 Å². The predicted octanol–water partition coefficient (Wildman–Crippen LogP) is 2.71. The molecule has 0 spiro atoms. The third kappa shape index (κ3) is 4.41. The van der Waals surface area contributed by atoms with Crippen LogP contribution >= 0.6 is 11.3 Å². The molecule has 2 N–H and O–H groups in total. The van der Waals surface area contributed by atoms with Crippen molar-refractivity contribution in [3.63, 3.8) is 0 Å². The van der Waals surface area contributed by atoms with Crippen LogP contribution in [0.4, 0.5) is 24.0 Å². The molecule has 1 aromatic carbocycles. The molecule has 1 amide bonds. The van der Waals surface area contributed by atoms with E-state index in [1.165, 1.54) is 6.07 Å². The molecule has 0 aliphatic rings. The van der Waals surface area contributed by atoms with Gasteiger partial charge in [0.2, 0.25) is 11.0 Å². The summed E-state index contributed by atoms with van der Waals surface area (Å²) in [4.78, 5) is 11.2. The molecule has 0 fully saturated rings. The Balaban J connectivity index is 2.21. The molecule has 2 rings (SSSR count). The molecule has 0 unspecified atom stereocenters. The summed E-state index contributed by atoms with van der Waals surface area (Å²) in [5.74, 6) is -0.374. The molecule has 0 saturated carbocycles. The zero-order valence-corrected chi connectivity index (χ0v) is 13.7. The van der Waals surface area contributed by atoms with Crippen molar-refractivity contribution in [2.45, 2.75) is 23.9 Å². The fourth-order valence-corrected chi connectivity index (χ4v) is 3.50. The fraction of sp³-hybridized carbons (Fsp3) is 0.250. The lowest BCUT2D eigenvalue weighted by molar-refractivity contribution is -0.137. The maximum absolute atomic E-state index is 12.6. The molecule has 12 heteroatoms. The summed E-state index contributed by atoms with van der Waals surface area (Å²) in [7, 11) is -4.22. The quantitative estimate of drug-likeness (QED) is 0.777. The van der Waals surface area contributed by atoms with E-state index in [0.717, 1.165) is 12.1 Å². The summed E-state index contributed by atoms with van der Waals surface area (Å²) >= 11 is 0.586. The smallest absolute Gasteiger partial charge is 0.301 e. The van der Waals surface area contributed by atoms with E-state index in [-0.39, 0.29) is 23.1 Å². The summed E-state index contributed by atoms with van der Waals surface area (Å²) in [6.07, 6.45) is -4.42. The van der Waals surface area contributed by atoms with Crippen LogP contribution in [0.5, 0.6) is 0 Å². The first-order chi connectivity index (χ1) is 11.1. The largest absolute Gasteiger partial charge is 0.416 e.